The van der Waals surface area contributed by atoms with E-state index >= 15 is 0 Å². The van der Waals surface area contributed by atoms with Crippen molar-refractivity contribution in [3.05, 3.63) is 89.7 Å². The molecule has 0 aliphatic rings. The molecule has 0 saturated carbocycles. The first-order valence-electron chi connectivity index (χ1n) is 9.90. The number of carbonyl (C=O) groups is 1. The average Bonchev–Trinajstić information content (AvgIpc) is 3.21. The second-order valence-electron chi connectivity index (χ2n) is 7.02. The van der Waals surface area contributed by atoms with Crippen LogP contribution in [0.2, 0.25) is 0 Å². The van der Waals surface area contributed by atoms with Crippen LogP contribution in [0.1, 0.15) is 22.3 Å². The maximum Gasteiger partial charge on any atom is 0.339 e. The highest BCUT2D eigenvalue weighted by Gasteiger charge is 2.15. The van der Waals surface area contributed by atoms with Crippen LogP contribution in [0.5, 0.6) is 5.75 Å². The van der Waals surface area contributed by atoms with Crippen LogP contribution in [-0.2, 0) is 6.54 Å². The number of ether oxygens (including phenoxy) is 1. The van der Waals surface area contributed by atoms with Crippen LogP contribution < -0.4 is 9.64 Å². The van der Waals surface area contributed by atoms with E-state index in [1.807, 2.05) is 29.2 Å². The molecule has 0 bridgehead atoms. The van der Waals surface area contributed by atoms with Crippen molar-refractivity contribution in [3.8, 4) is 5.75 Å². The SMILES string of the molecule is O=C(O)c1ccccc1OCCCN(Cc1ccc(F)cc1)c1nc2ccccc2o1. The third kappa shape index (κ3) is 5.01. The molecule has 7 heteroatoms. The molecule has 31 heavy (non-hydrogen) atoms. The van der Waals surface area contributed by atoms with Gasteiger partial charge in [0.2, 0.25) is 0 Å². The topological polar surface area (TPSA) is 75.8 Å². The van der Waals surface area contributed by atoms with E-state index in [2.05, 4.69) is 4.98 Å². The number of hydrogen-bond donors (Lipinski definition) is 1. The van der Waals surface area contributed by atoms with Gasteiger partial charge in [0.25, 0.3) is 6.01 Å². The lowest BCUT2D eigenvalue weighted by atomic mass is 10.2. The Labute approximate surface area is 178 Å². The lowest BCUT2D eigenvalue weighted by molar-refractivity contribution is 0.0692. The van der Waals surface area contributed by atoms with E-state index in [0.717, 1.165) is 11.1 Å². The van der Waals surface area contributed by atoms with Crippen molar-refractivity contribution in [2.75, 3.05) is 18.1 Å². The smallest absolute Gasteiger partial charge is 0.339 e. The van der Waals surface area contributed by atoms with Crippen LogP contribution in [0.4, 0.5) is 10.4 Å². The van der Waals surface area contributed by atoms with Crippen molar-refractivity contribution in [1.29, 1.82) is 0 Å². The summed E-state index contributed by atoms with van der Waals surface area (Å²) in [7, 11) is 0. The summed E-state index contributed by atoms with van der Waals surface area (Å²) >= 11 is 0. The first-order chi connectivity index (χ1) is 15.1. The molecule has 158 valence electrons. The van der Waals surface area contributed by atoms with Gasteiger partial charge in [0.1, 0.15) is 22.6 Å². The summed E-state index contributed by atoms with van der Waals surface area (Å²) in [6.07, 6.45) is 0.605. The van der Waals surface area contributed by atoms with Gasteiger partial charge >= 0.3 is 5.97 Å². The molecule has 0 aliphatic carbocycles. The van der Waals surface area contributed by atoms with Crippen molar-refractivity contribution in [1.82, 2.24) is 4.98 Å². The monoisotopic (exact) mass is 420 g/mol. The number of fused-ring (bicyclic) bond motifs is 1. The predicted molar refractivity (Wildman–Crippen MR) is 115 cm³/mol. The summed E-state index contributed by atoms with van der Waals surface area (Å²) < 4.78 is 24.9. The zero-order valence-electron chi connectivity index (χ0n) is 16.7. The number of aromatic nitrogens is 1. The number of benzene rings is 3. The van der Waals surface area contributed by atoms with E-state index in [-0.39, 0.29) is 11.4 Å². The molecule has 0 amide bonds. The number of hydrogen-bond acceptors (Lipinski definition) is 5. The first kappa shape index (κ1) is 20.4. The molecule has 1 aromatic heterocycles. The molecule has 0 aliphatic heterocycles. The van der Waals surface area contributed by atoms with E-state index < -0.39 is 5.97 Å². The molecule has 1 N–H and O–H groups in total. The van der Waals surface area contributed by atoms with Gasteiger partial charge in [-0.25, -0.2) is 9.18 Å². The number of rotatable bonds is 9. The maximum atomic E-state index is 13.3. The number of anilines is 1. The normalized spacial score (nSPS) is 10.9. The zero-order valence-corrected chi connectivity index (χ0v) is 16.7. The quantitative estimate of drug-likeness (QED) is 0.378. The van der Waals surface area contributed by atoms with Crippen LogP contribution in [0.3, 0.4) is 0 Å². The number of carboxylic acids is 1. The second kappa shape index (κ2) is 9.30. The predicted octanol–water partition coefficient (Wildman–Crippen LogP) is 5.14. The standard InChI is InChI=1S/C24H21FN2O4/c25-18-12-10-17(11-13-18)16-27(24-26-20-7-2-4-9-22(20)31-24)14-5-15-30-21-8-3-1-6-19(21)23(28)29/h1-4,6-13H,5,14-16H2,(H,28,29). The summed E-state index contributed by atoms with van der Waals surface area (Å²) in [5.74, 6) is -0.982. The Hall–Kier alpha value is -3.87. The molecule has 0 saturated heterocycles. The minimum Gasteiger partial charge on any atom is -0.493 e. The van der Waals surface area contributed by atoms with Crippen LogP contribution >= 0.6 is 0 Å². The third-order valence-electron chi connectivity index (χ3n) is 4.79. The fraction of sp³-hybridized carbons (Fsp3) is 0.167. The Morgan fingerprint density at radius 3 is 2.55 bits per heavy atom. The highest BCUT2D eigenvalue weighted by Crippen LogP contribution is 2.24. The van der Waals surface area contributed by atoms with E-state index in [1.54, 1.807) is 30.3 Å². The van der Waals surface area contributed by atoms with Crippen molar-refractivity contribution < 1.29 is 23.4 Å². The van der Waals surface area contributed by atoms with Crippen LogP contribution in [0.15, 0.2) is 77.2 Å². The molecule has 0 spiro atoms. The fourth-order valence-electron chi connectivity index (χ4n) is 3.25. The van der Waals surface area contributed by atoms with E-state index in [1.165, 1.54) is 18.2 Å². The zero-order chi connectivity index (χ0) is 21.6. The van der Waals surface area contributed by atoms with E-state index in [9.17, 15) is 14.3 Å². The number of carboxylic acid groups (broad SMARTS) is 1. The van der Waals surface area contributed by atoms with Gasteiger partial charge in [-0.2, -0.15) is 4.98 Å². The minimum atomic E-state index is -1.03. The molecule has 3 aromatic carbocycles. The second-order valence-corrected chi connectivity index (χ2v) is 7.02. The van der Waals surface area contributed by atoms with Gasteiger partial charge < -0.3 is 19.2 Å². The fourth-order valence-corrected chi connectivity index (χ4v) is 3.25. The highest BCUT2D eigenvalue weighted by molar-refractivity contribution is 5.90. The van der Waals surface area contributed by atoms with Crippen molar-refractivity contribution >= 4 is 23.1 Å². The lowest BCUT2D eigenvalue weighted by Gasteiger charge is -2.21. The molecule has 6 nitrogen and oxygen atoms in total. The summed E-state index contributed by atoms with van der Waals surface area (Å²) in [4.78, 5) is 17.9. The molecule has 0 fully saturated rings. The van der Waals surface area contributed by atoms with Gasteiger partial charge in [0.05, 0.1) is 6.61 Å². The highest BCUT2D eigenvalue weighted by atomic mass is 19.1. The van der Waals surface area contributed by atoms with Crippen LogP contribution in [0, 0.1) is 5.82 Å². The van der Waals surface area contributed by atoms with Gasteiger partial charge in [-0.1, -0.05) is 36.4 Å². The number of nitrogens with zero attached hydrogens (tertiary/aromatic N) is 2. The summed E-state index contributed by atoms with van der Waals surface area (Å²) in [6, 6.07) is 20.8. The van der Waals surface area contributed by atoms with Gasteiger partial charge in [0.15, 0.2) is 5.58 Å². The molecular weight excluding hydrogens is 399 g/mol. The summed E-state index contributed by atoms with van der Waals surface area (Å²) in [5.41, 5.74) is 2.49. The Bertz CT molecular complexity index is 1140. The first-order valence-corrected chi connectivity index (χ1v) is 9.90. The van der Waals surface area contributed by atoms with Crippen LogP contribution in [-0.4, -0.2) is 29.2 Å². The van der Waals surface area contributed by atoms with Crippen molar-refractivity contribution in [3.63, 3.8) is 0 Å². The molecule has 0 radical (unpaired) electrons. The van der Waals surface area contributed by atoms with Crippen molar-refractivity contribution in [2.45, 2.75) is 13.0 Å². The molecule has 0 unspecified atom stereocenters. The minimum absolute atomic E-state index is 0.129. The number of halogens is 1. The summed E-state index contributed by atoms with van der Waals surface area (Å²) in [6.45, 7) is 1.36. The van der Waals surface area contributed by atoms with E-state index in [0.29, 0.717) is 43.5 Å². The number of para-hydroxylation sites is 3. The maximum absolute atomic E-state index is 13.3. The van der Waals surface area contributed by atoms with Gasteiger partial charge in [-0.05, 0) is 48.4 Å². The van der Waals surface area contributed by atoms with Gasteiger partial charge in [0, 0.05) is 13.1 Å². The molecular formula is C24H21FN2O4. The molecule has 0 atom stereocenters. The summed E-state index contributed by atoms with van der Waals surface area (Å²) in [5, 5.41) is 9.28. The Balaban J connectivity index is 1.46. The largest absolute Gasteiger partial charge is 0.493 e. The van der Waals surface area contributed by atoms with Crippen molar-refractivity contribution in [2.24, 2.45) is 0 Å². The lowest BCUT2D eigenvalue weighted by Crippen LogP contribution is -2.25. The Kier molecular flexibility index (Phi) is 6.12. The van der Waals surface area contributed by atoms with E-state index in [4.69, 9.17) is 9.15 Å². The van der Waals surface area contributed by atoms with Gasteiger partial charge in [-0.3, -0.25) is 0 Å². The molecule has 4 aromatic rings. The number of oxazole rings is 1. The number of aromatic carboxylic acids is 1. The molecule has 4 rings (SSSR count). The average molecular weight is 420 g/mol. The molecule has 1 heterocycles. The van der Waals surface area contributed by atoms with Gasteiger partial charge in [-0.15, -0.1) is 0 Å². The van der Waals surface area contributed by atoms with Crippen LogP contribution in [0.25, 0.3) is 11.1 Å². The Morgan fingerprint density at radius 1 is 1.03 bits per heavy atom. The third-order valence-corrected chi connectivity index (χ3v) is 4.79. The Morgan fingerprint density at radius 2 is 1.77 bits per heavy atom.